The molecule has 1 unspecified atom stereocenters. The van der Waals surface area contributed by atoms with E-state index in [-0.39, 0.29) is 0 Å². The fraction of sp³-hybridized carbons (Fsp3) is 0.294. The van der Waals surface area contributed by atoms with Gasteiger partial charge < -0.3 is 9.84 Å². The van der Waals surface area contributed by atoms with Gasteiger partial charge in [0.2, 0.25) is 0 Å². The maximum Gasteiger partial charge on any atom is 0.125 e. The summed E-state index contributed by atoms with van der Waals surface area (Å²) in [6, 6.07) is 10.1. The van der Waals surface area contributed by atoms with Crippen molar-refractivity contribution in [2.45, 2.75) is 25.9 Å². The predicted octanol–water partition coefficient (Wildman–Crippen LogP) is 4.73. The Balaban J connectivity index is 1.88. The number of aliphatic hydroxyl groups excluding tert-OH is 1. The van der Waals surface area contributed by atoms with Crippen molar-refractivity contribution in [3.63, 3.8) is 0 Å². The van der Waals surface area contributed by atoms with Crippen LogP contribution in [0.1, 0.15) is 28.4 Å². The lowest BCUT2D eigenvalue weighted by molar-refractivity contribution is 0.177. The number of benzene rings is 2. The molecule has 1 aliphatic heterocycles. The number of fused-ring (bicyclic) bond motifs is 1. The highest BCUT2D eigenvalue weighted by atomic mass is 79.9. The summed E-state index contributed by atoms with van der Waals surface area (Å²) in [7, 11) is 0. The van der Waals surface area contributed by atoms with Crippen molar-refractivity contribution >= 4 is 31.9 Å². The van der Waals surface area contributed by atoms with E-state index in [9.17, 15) is 5.11 Å². The first-order valence-electron chi connectivity index (χ1n) is 6.93. The molecule has 0 radical (unpaired) electrons. The number of hydrogen-bond donors (Lipinski definition) is 1. The molecule has 110 valence electrons. The van der Waals surface area contributed by atoms with E-state index in [0.29, 0.717) is 6.42 Å². The predicted molar refractivity (Wildman–Crippen MR) is 90.9 cm³/mol. The van der Waals surface area contributed by atoms with E-state index < -0.39 is 6.10 Å². The molecule has 0 amide bonds. The minimum atomic E-state index is -0.528. The first kappa shape index (κ1) is 15.1. The molecule has 21 heavy (non-hydrogen) atoms. The maximum absolute atomic E-state index is 10.5. The van der Waals surface area contributed by atoms with Gasteiger partial charge in [0.15, 0.2) is 0 Å². The van der Waals surface area contributed by atoms with E-state index in [1.165, 1.54) is 5.56 Å². The molecule has 1 heterocycles. The Hall–Kier alpha value is -0.840. The Labute approximate surface area is 141 Å². The van der Waals surface area contributed by atoms with Crippen LogP contribution in [0.25, 0.3) is 0 Å². The van der Waals surface area contributed by atoms with Crippen LogP contribution >= 0.6 is 31.9 Å². The van der Waals surface area contributed by atoms with Gasteiger partial charge in [0.25, 0.3) is 0 Å². The van der Waals surface area contributed by atoms with E-state index in [2.05, 4.69) is 37.9 Å². The van der Waals surface area contributed by atoms with E-state index >= 15 is 0 Å². The van der Waals surface area contributed by atoms with Gasteiger partial charge in [-0.2, -0.15) is 0 Å². The Morgan fingerprint density at radius 2 is 2.05 bits per heavy atom. The topological polar surface area (TPSA) is 29.5 Å². The van der Waals surface area contributed by atoms with Crippen molar-refractivity contribution < 1.29 is 9.84 Å². The summed E-state index contributed by atoms with van der Waals surface area (Å²) >= 11 is 7.03. The zero-order valence-electron chi connectivity index (χ0n) is 11.7. The molecule has 2 aromatic rings. The van der Waals surface area contributed by atoms with Crippen LogP contribution in [0.3, 0.4) is 0 Å². The Morgan fingerprint density at radius 1 is 1.24 bits per heavy atom. The quantitative estimate of drug-likeness (QED) is 0.790. The SMILES string of the molecule is Cc1cc(C(O)Cc2cc(Br)cc3c2OCC3)ccc1Br. The van der Waals surface area contributed by atoms with Crippen molar-refractivity contribution in [2.75, 3.05) is 6.61 Å². The molecule has 1 N–H and O–H groups in total. The second kappa shape index (κ2) is 6.11. The maximum atomic E-state index is 10.5. The summed E-state index contributed by atoms with van der Waals surface area (Å²) in [6.07, 6.45) is 0.970. The summed E-state index contributed by atoms with van der Waals surface area (Å²) in [5, 5.41) is 10.5. The Morgan fingerprint density at radius 3 is 2.81 bits per heavy atom. The zero-order chi connectivity index (χ0) is 15.0. The first-order chi connectivity index (χ1) is 10.0. The third-order valence-electron chi connectivity index (χ3n) is 3.81. The largest absolute Gasteiger partial charge is 0.493 e. The van der Waals surface area contributed by atoms with Crippen molar-refractivity contribution in [2.24, 2.45) is 0 Å². The number of ether oxygens (including phenoxy) is 1. The molecule has 4 heteroatoms. The van der Waals surface area contributed by atoms with Crippen LogP contribution in [-0.2, 0) is 12.8 Å². The highest BCUT2D eigenvalue weighted by molar-refractivity contribution is 9.10. The van der Waals surface area contributed by atoms with Crippen LogP contribution in [0.5, 0.6) is 5.75 Å². The van der Waals surface area contributed by atoms with Crippen molar-refractivity contribution in [3.8, 4) is 5.75 Å². The number of rotatable bonds is 3. The molecule has 0 saturated carbocycles. The van der Waals surface area contributed by atoms with Gasteiger partial charge in [0.05, 0.1) is 12.7 Å². The third kappa shape index (κ3) is 3.17. The second-order valence-electron chi connectivity index (χ2n) is 5.38. The zero-order valence-corrected chi connectivity index (χ0v) is 14.9. The summed E-state index contributed by atoms with van der Waals surface area (Å²) in [4.78, 5) is 0. The fourth-order valence-electron chi connectivity index (χ4n) is 2.70. The van der Waals surface area contributed by atoms with Gasteiger partial charge in [-0.25, -0.2) is 0 Å². The summed E-state index contributed by atoms with van der Waals surface area (Å²) in [5.41, 5.74) is 4.34. The van der Waals surface area contributed by atoms with E-state index in [1.807, 2.05) is 31.2 Å². The number of halogens is 2. The third-order valence-corrected chi connectivity index (χ3v) is 5.15. The van der Waals surface area contributed by atoms with Gasteiger partial charge in [-0.1, -0.05) is 44.0 Å². The average Bonchev–Trinajstić information content (AvgIpc) is 2.90. The van der Waals surface area contributed by atoms with E-state index in [0.717, 1.165) is 44.4 Å². The molecule has 0 saturated heterocycles. The van der Waals surface area contributed by atoms with Crippen LogP contribution in [0.15, 0.2) is 39.3 Å². The molecule has 1 aliphatic rings. The minimum Gasteiger partial charge on any atom is -0.493 e. The Bertz CT molecular complexity index is 683. The summed E-state index contributed by atoms with van der Waals surface area (Å²) < 4.78 is 7.83. The number of hydrogen-bond acceptors (Lipinski definition) is 2. The smallest absolute Gasteiger partial charge is 0.125 e. The van der Waals surface area contributed by atoms with Crippen LogP contribution in [-0.4, -0.2) is 11.7 Å². The molecule has 0 aliphatic carbocycles. The molecular formula is C17H16Br2O2. The lowest BCUT2D eigenvalue weighted by Crippen LogP contribution is -2.04. The van der Waals surface area contributed by atoms with Gasteiger partial charge in [-0.05, 0) is 47.4 Å². The van der Waals surface area contributed by atoms with Crippen molar-refractivity contribution in [3.05, 3.63) is 61.5 Å². The standard InChI is InChI=1S/C17H16Br2O2/c1-10-6-11(2-3-15(10)19)16(20)9-13-8-14(18)7-12-4-5-21-17(12)13/h2-3,6-8,16,20H,4-5,9H2,1H3. The molecule has 2 nitrogen and oxygen atoms in total. The molecule has 2 aromatic carbocycles. The van der Waals surface area contributed by atoms with Gasteiger partial charge in [-0.15, -0.1) is 0 Å². The van der Waals surface area contributed by atoms with Gasteiger partial charge >= 0.3 is 0 Å². The van der Waals surface area contributed by atoms with Crippen LogP contribution in [0.2, 0.25) is 0 Å². The lowest BCUT2D eigenvalue weighted by Gasteiger charge is -2.15. The van der Waals surface area contributed by atoms with Gasteiger partial charge in [-0.3, -0.25) is 0 Å². The molecule has 0 aromatic heterocycles. The van der Waals surface area contributed by atoms with Crippen LogP contribution in [0.4, 0.5) is 0 Å². The Kier molecular flexibility index (Phi) is 4.38. The average molecular weight is 412 g/mol. The molecule has 0 bridgehead atoms. The van der Waals surface area contributed by atoms with Crippen molar-refractivity contribution in [1.82, 2.24) is 0 Å². The highest BCUT2D eigenvalue weighted by Crippen LogP contribution is 2.35. The molecular weight excluding hydrogens is 396 g/mol. The molecule has 3 rings (SSSR count). The van der Waals surface area contributed by atoms with Crippen LogP contribution in [0, 0.1) is 6.92 Å². The number of aliphatic hydroxyl groups is 1. The number of aryl methyl sites for hydroxylation is 1. The van der Waals surface area contributed by atoms with Gasteiger partial charge in [0, 0.05) is 21.8 Å². The minimum absolute atomic E-state index is 0.528. The van der Waals surface area contributed by atoms with E-state index in [4.69, 9.17) is 4.74 Å². The van der Waals surface area contributed by atoms with Crippen molar-refractivity contribution in [1.29, 1.82) is 0 Å². The van der Waals surface area contributed by atoms with Gasteiger partial charge in [0.1, 0.15) is 5.75 Å². The second-order valence-corrected chi connectivity index (χ2v) is 7.15. The molecule has 1 atom stereocenters. The molecule has 0 spiro atoms. The highest BCUT2D eigenvalue weighted by Gasteiger charge is 2.20. The summed E-state index contributed by atoms with van der Waals surface area (Å²) in [5.74, 6) is 0.950. The summed E-state index contributed by atoms with van der Waals surface area (Å²) in [6.45, 7) is 2.76. The monoisotopic (exact) mass is 410 g/mol. The molecule has 0 fully saturated rings. The van der Waals surface area contributed by atoms with E-state index in [1.54, 1.807) is 0 Å². The van der Waals surface area contributed by atoms with Crippen LogP contribution < -0.4 is 4.74 Å². The lowest BCUT2D eigenvalue weighted by atomic mass is 9.98. The normalized spacial score (nSPS) is 14.7. The first-order valence-corrected chi connectivity index (χ1v) is 8.51. The fourth-order valence-corrected chi connectivity index (χ4v) is 3.50.